The molecule has 0 aliphatic carbocycles. The van der Waals surface area contributed by atoms with Crippen LogP contribution in [0.25, 0.3) is 0 Å². The number of esters is 1. The minimum Gasteiger partial charge on any atom is -0.506 e. The average Bonchev–Trinajstić information content (AvgIpc) is 2.57. The molecular weight excluding hydrogens is 418 g/mol. The average molecular weight is 445 g/mol. The Hall–Kier alpha value is -2.70. The molecule has 1 aromatic rings. The topological polar surface area (TPSA) is 151 Å². The minimum atomic E-state index is -4.44. The predicted molar refractivity (Wildman–Crippen MR) is 107 cm³/mol. The Kier molecular flexibility index (Phi) is 8.34. The van der Waals surface area contributed by atoms with Gasteiger partial charge in [0.1, 0.15) is 22.3 Å². The van der Waals surface area contributed by atoms with E-state index in [0.717, 1.165) is 17.2 Å². The van der Waals surface area contributed by atoms with Crippen LogP contribution >= 0.6 is 0 Å². The lowest BCUT2D eigenvalue weighted by Crippen LogP contribution is -2.48. The summed E-state index contributed by atoms with van der Waals surface area (Å²) in [6.45, 7) is 6.13. The van der Waals surface area contributed by atoms with E-state index in [9.17, 15) is 27.9 Å². The van der Waals surface area contributed by atoms with Gasteiger partial charge in [0.25, 0.3) is 5.91 Å². The molecule has 0 aliphatic rings. The molecule has 1 rings (SSSR count). The van der Waals surface area contributed by atoms with E-state index in [1.54, 1.807) is 20.8 Å². The third kappa shape index (κ3) is 7.61. The van der Waals surface area contributed by atoms with E-state index in [2.05, 4.69) is 10.0 Å². The summed E-state index contributed by atoms with van der Waals surface area (Å²) >= 11 is 0. The van der Waals surface area contributed by atoms with E-state index in [1.165, 1.54) is 27.1 Å². The first-order valence-electron chi connectivity index (χ1n) is 8.82. The number of aromatic hydroxyl groups is 1. The van der Waals surface area contributed by atoms with Crippen molar-refractivity contribution in [2.75, 3.05) is 19.5 Å². The third-order valence-corrected chi connectivity index (χ3v) is 5.06. The number of nitrogens with one attached hydrogen (secondary N) is 2. The van der Waals surface area contributed by atoms with E-state index in [-0.39, 0.29) is 5.69 Å². The molecule has 0 fully saturated rings. The first-order chi connectivity index (χ1) is 13.7. The zero-order chi connectivity index (χ0) is 23.3. The fraction of sp³-hybridized carbons (Fsp3) is 0.500. The minimum absolute atomic E-state index is 0.180. The number of carbonyl (C=O) groups is 3. The van der Waals surface area contributed by atoms with Crippen molar-refractivity contribution in [2.24, 2.45) is 0 Å². The Morgan fingerprint density at radius 2 is 1.83 bits per heavy atom. The zero-order valence-corrected chi connectivity index (χ0v) is 18.5. The second kappa shape index (κ2) is 9.87. The van der Waals surface area contributed by atoms with Crippen molar-refractivity contribution in [1.29, 1.82) is 0 Å². The quantitative estimate of drug-likeness (QED) is 0.392. The molecule has 0 aliphatic heterocycles. The lowest BCUT2D eigenvalue weighted by molar-refractivity contribution is -0.173. The highest BCUT2D eigenvalue weighted by molar-refractivity contribution is 7.89. The molecule has 0 radical (unpaired) electrons. The summed E-state index contributed by atoms with van der Waals surface area (Å²) < 4.78 is 32.8. The Labute approximate surface area is 175 Å². The van der Waals surface area contributed by atoms with Gasteiger partial charge in [-0.1, -0.05) is 0 Å². The Morgan fingerprint density at radius 3 is 2.30 bits per heavy atom. The van der Waals surface area contributed by atoms with Gasteiger partial charge in [-0.3, -0.25) is 19.2 Å². The van der Waals surface area contributed by atoms with Crippen LogP contribution in [-0.2, 0) is 34.0 Å². The number of likely N-dealkylation sites (N-methyl/N-ethyl adjacent to an activating group) is 1. The van der Waals surface area contributed by atoms with Crippen LogP contribution in [0, 0.1) is 0 Å². The standard InChI is InChI=1S/C18H27N3O8S/c1-11(22)19-12-7-8-15(14(23)9-12)30(26,27)20-13(17(25)21(5)28-6)10-16(24)29-18(2,3)4/h7-9,13,20,23H,10H2,1-6H3,(H,19,22). The van der Waals surface area contributed by atoms with Gasteiger partial charge >= 0.3 is 5.97 Å². The fourth-order valence-corrected chi connectivity index (χ4v) is 3.58. The maximum absolute atomic E-state index is 12.8. The first kappa shape index (κ1) is 25.3. The Balaban J connectivity index is 3.18. The number of sulfonamides is 1. The molecule has 1 unspecified atom stereocenters. The van der Waals surface area contributed by atoms with E-state index < -0.39 is 56.5 Å². The third-order valence-electron chi connectivity index (χ3n) is 3.54. The van der Waals surface area contributed by atoms with Crippen LogP contribution in [0.4, 0.5) is 5.69 Å². The second-order valence-electron chi connectivity index (χ2n) is 7.35. The van der Waals surface area contributed by atoms with E-state index >= 15 is 0 Å². The summed E-state index contributed by atoms with van der Waals surface area (Å²) in [5.74, 6) is -2.72. The number of phenolic OH excluding ortho intramolecular Hbond substituents is 1. The van der Waals surface area contributed by atoms with Gasteiger partial charge < -0.3 is 15.2 Å². The number of amides is 2. The van der Waals surface area contributed by atoms with Crippen LogP contribution < -0.4 is 10.0 Å². The van der Waals surface area contributed by atoms with Crippen LogP contribution in [0.2, 0.25) is 0 Å². The number of hydrogen-bond acceptors (Lipinski definition) is 8. The van der Waals surface area contributed by atoms with E-state index in [4.69, 9.17) is 9.57 Å². The maximum atomic E-state index is 12.8. The molecule has 30 heavy (non-hydrogen) atoms. The van der Waals surface area contributed by atoms with Gasteiger partial charge in [0.15, 0.2) is 0 Å². The molecule has 0 saturated heterocycles. The summed E-state index contributed by atoms with van der Waals surface area (Å²) in [4.78, 5) is 40.0. The number of phenols is 1. The predicted octanol–water partition coefficient (Wildman–Crippen LogP) is 0.749. The van der Waals surface area contributed by atoms with Gasteiger partial charge in [-0.2, -0.15) is 4.72 Å². The molecule has 3 N–H and O–H groups in total. The van der Waals surface area contributed by atoms with Crippen LogP contribution in [0.1, 0.15) is 34.1 Å². The smallest absolute Gasteiger partial charge is 0.308 e. The number of anilines is 1. The molecule has 1 atom stereocenters. The van der Waals surface area contributed by atoms with Crippen LogP contribution in [-0.4, -0.2) is 62.2 Å². The van der Waals surface area contributed by atoms with Crippen LogP contribution in [0.3, 0.4) is 0 Å². The molecule has 11 nitrogen and oxygen atoms in total. The molecule has 0 aromatic heterocycles. The van der Waals surface area contributed by atoms with Gasteiger partial charge in [0, 0.05) is 25.7 Å². The number of rotatable bonds is 8. The molecule has 0 heterocycles. The monoisotopic (exact) mass is 445 g/mol. The van der Waals surface area contributed by atoms with Crippen LogP contribution in [0.15, 0.2) is 23.1 Å². The molecule has 0 bridgehead atoms. The summed E-state index contributed by atoms with van der Waals surface area (Å²) in [5.41, 5.74) is -0.659. The maximum Gasteiger partial charge on any atom is 0.308 e. The number of carbonyl (C=O) groups excluding carboxylic acids is 3. The molecule has 12 heteroatoms. The molecule has 2 amide bonds. The highest BCUT2D eigenvalue weighted by Gasteiger charge is 2.33. The fourth-order valence-electron chi connectivity index (χ4n) is 2.32. The van der Waals surface area contributed by atoms with Crippen molar-refractivity contribution < 1.29 is 37.5 Å². The SMILES string of the molecule is CON(C)C(=O)C(CC(=O)OC(C)(C)C)NS(=O)(=O)c1ccc(NC(C)=O)cc1O. The summed E-state index contributed by atoms with van der Waals surface area (Å²) in [7, 11) is -1.99. The lowest BCUT2D eigenvalue weighted by Gasteiger charge is -2.24. The molecule has 0 saturated carbocycles. The second-order valence-corrected chi connectivity index (χ2v) is 9.03. The first-order valence-corrected chi connectivity index (χ1v) is 10.3. The molecule has 0 spiro atoms. The normalized spacial score (nSPS) is 12.7. The van der Waals surface area contributed by atoms with Crippen molar-refractivity contribution in [1.82, 2.24) is 9.79 Å². The molecular formula is C18H27N3O8S. The van der Waals surface area contributed by atoms with Gasteiger partial charge in [-0.05, 0) is 32.9 Å². The molecule has 1 aromatic carbocycles. The number of ether oxygens (including phenoxy) is 1. The van der Waals surface area contributed by atoms with Crippen molar-refractivity contribution in [2.45, 2.75) is 50.7 Å². The summed E-state index contributed by atoms with van der Waals surface area (Å²) in [5, 5.41) is 13.3. The molecule has 168 valence electrons. The number of hydrogen-bond donors (Lipinski definition) is 3. The van der Waals surface area contributed by atoms with Gasteiger partial charge in [0.05, 0.1) is 13.5 Å². The largest absolute Gasteiger partial charge is 0.506 e. The Morgan fingerprint density at radius 1 is 1.23 bits per heavy atom. The Bertz CT molecular complexity index is 908. The van der Waals surface area contributed by atoms with E-state index in [1.807, 2.05) is 0 Å². The summed E-state index contributed by atoms with van der Waals surface area (Å²) in [6, 6.07) is 1.81. The number of nitrogens with zero attached hydrogens (tertiary/aromatic N) is 1. The van der Waals surface area contributed by atoms with E-state index in [0.29, 0.717) is 0 Å². The zero-order valence-electron chi connectivity index (χ0n) is 17.7. The van der Waals surface area contributed by atoms with Gasteiger partial charge in [-0.25, -0.2) is 13.5 Å². The van der Waals surface area contributed by atoms with Crippen molar-refractivity contribution in [3.05, 3.63) is 18.2 Å². The van der Waals surface area contributed by atoms with Crippen molar-refractivity contribution in [3.63, 3.8) is 0 Å². The lowest BCUT2D eigenvalue weighted by atomic mass is 10.1. The van der Waals surface area contributed by atoms with Gasteiger partial charge in [0.2, 0.25) is 15.9 Å². The summed E-state index contributed by atoms with van der Waals surface area (Å²) in [6.07, 6.45) is -0.603. The van der Waals surface area contributed by atoms with Crippen molar-refractivity contribution >= 4 is 33.5 Å². The van der Waals surface area contributed by atoms with Crippen LogP contribution in [0.5, 0.6) is 5.75 Å². The van der Waals surface area contributed by atoms with Gasteiger partial charge in [-0.15, -0.1) is 0 Å². The number of benzene rings is 1. The highest BCUT2D eigenvalue weighted by atomic mass is 32.2. The van der Waals surface area contributed by atoms with Crippen molar-refractivity contribution in [3.8, 4) is 5.75 Å². The highest BCUT2D eigenvalue weighted by Crippen LogP contribution is 2.26. The number of hydroxylamine groups is 2.